The van der Waals surface area contributed by atoms with Gasteiger partial charge in [-0.05, 0) is 70.0 Å². The number of benzene rings is 2. The maximum absolute atomic E-state index is 13.0. The highest BCUT2D eigenvalue weighted by Crippen LogP contribution is 2.37. The summed E-state index contributed by atoms with van der Waals surface area (Å²) < 4.78 is 21.6. The maximum Gasteiger partial charge on any atom is 0.404 e. The van der Waals surface area contributed by atoms with Crippen molar-refractivity contribution in [3.8, 4) is 17.2 Å². The molecule has 1 aromatic heterocycles. The second kappa shape index (κ2) is 12.1. The van der Waals surface area contributed by atoms with E-state index >= 15 is 0 Å². The number of nitrogens with two attached hydrogens (primary N) is 1. The molecule has 42 heavy (non-hydrogen) atoms. The third-order valence-corrected chi connectivity index (χ3v) is 6.83. The van der Waals surface area contributed by atoms with Crippen molar-refractivity contribution in [1.29, 1.82) is 0 Å². The van der Waals surface area contributed by atoms with Gasteiger partial charge in [-0.25, -0.2) is 9.59 Å². The number of phenolic OH excluding ortho intramolecular Hbond substituents is 1. The van der Waals surface area contributed by atoms with Gasteiger partial charge in [-0.15, -0.1) is 0 Å². The van der Waals surface area contributed by atoms with Crippen molar-refractivity contribution in [2.24, 2.45) is 5.73 Å². The maximum atomic E-state index is 13.0. The number of hydrogen-bond acceptors (Lipinski definition) is 11. The molecule has 1 aliphatic heterocycles. The molecule has 2 heterocycles. The van der Waals surface area contributed by atoms with Crippen molar-refractivity contribution in [3.63, 3.8) is 0 Å². The first-order valence-corrected chi connectivity index (χ1v) is 13.0. The van der Waals surface area contributed by atoms with E-state index in [1.165, 1.54) is 44.2 Å². The number of fused-ring (bicyclic) bond motifs is 1. The lowest BCUT2D eigenvalue weighted by Crippen LogP contribution is -2.60. The van der Waals surface area contributed by atoms with E-state index in [0.717, 1.165) is 5.57 Å². The van der Waals surface area contributed by atoms with E-state index in [1.807, 2.05) is 19.9 Å². The number of carbonyl (C=O) groups is 2. The fourth-order valence-corrected chi connectivity index (χ4v) is 4.49. The van der Waals surface area contributed by atoms with Crippen LogP contribution in [0.1, 0.15) is 42.3 Å². The molecule has 3 aromatic rings. The molecule has 13 heteroatoms. The Labute approximate surface area is 239 Å². The number of rotatable bonds is 7. The predicted molar refractivity (Wildman–Crippen MR) is 150 cm³/mol. The molecule has 0 spiro atoms. The second-order valence-corrected chi connectivity index (χ2v) is 10.2. The molecule has 7 N–H and O–H groups in total. The molecule has 4 rings (SSSR count). The van der Waals surface area contributed by atoms with Crippen LogP contribution in [0.25, 0.3) is 11.0 Å². The number of aryl methyl sites for hydroxylation is 1. The highest BCUT2D eigenvalue weighted by molar-refractivity contribution is 6.06. The molecule has 0 bridgehead atoms. The Kier molecular flexibility index (Phi) is 8.75. The van der Waals surface area contributed by atoms with Gasteiger partial charge >= 0.3 is 11.7 Å². The monoisotopic (exact) mass is 584 g/mol. The first kappa shape index (κ1) is 30.4. The summed E-state index contributed by atoms with van der Waals surface area (Å²) in [6.45, 7) is 6.81. The van der Waals surface area contributed by atoms with Crippen molar-refractivity contribution in [2.75, 3.05) is 5.32 Å². The third-order valence-electron chi connectivity index (χ3n) is 6.83. The molecule has 0 aliphatic carbocycles. The SMILES string of the molecule is CC(C)=CCc1cc(C(=O)Nc2c(O)c3ccc(O[C@@H]4O[C@@H](C)[C@@H](O)[C@@H](OC(N)=O)[C@@H]4O)c(C)c3oc2=O)ccc1O. The van der Waals surface area contributed by atoms with Gasteiger partial charge in [0.05, 0.1) is 11.5 Å². The molecule has 224 valence electrons. The van der Waals surface area contributed by atoms with Crippen molar-refractivity contribution in [3.05, 3.63) is 69.1 Å². The van der Waals surface area contributed by atoms with Crippen LogP contribution >= 0.6 is 0 Å². The summed E-state index contributed by atoms with van der Waals surface area (Å²) in [6, 6.07) is 7.01. The average molecular weight is 585 g/mol. The van der Waals surface area contributed by atoms with Crippen LogP contribution in [0.4, 0.5) is 10.5 Å². The van der Waals surface area contributed by atoms with E-state index in [4.69, 9.17) is 24.4 Å². The summed E-state index contributed by atoms with van der Waals surface area (Å²) in [4.78, 5) is 37.1. The summed E-state index contributed by atoms with van der Waals surface area (Å²) >= 11 is 0. The Bertz CT molecular complexity index is 1610. The van der Waals surface area contributed by atoms with Gasteiger partial charge in [0.25, 0.3) is 5.91 Å². The molecule has 1 saturated heterocycles. The number of aliphatic hydroxyl groups excluding tert-OH is 2. The van der Waals surface area contributed by atoms with Gasteiger partial charge in [-0.1, -0.05) is 11.6 Å². The lowest BCUT2D eigenvalue weighted by molar-refractivity contribution is -0.267. The number of ether oxygens (including phenoxy) is 3. The van der Waals surface area contributed by atoms with Gasteiger partial charge in [-0.2, -0.15) is 0 Å². The van der Waals surface area contributed by atoms with Crippen LogP contribution in [-0.2, 0) is 15.9 Å². The first-order valence-electron chi connectivity index (χ1n) is 13.0. The number of anilines is 1. The Morgan fingerprint density at radius 2 is 1.83 bits per heavy atom. The zero-order chi connectivity index (χ0) is 30.9. The van der Waals surface area contributed by atoms with E-state index in [9.17, 15) is 34.8 Å². The quantitative estimate of drug-likeness (QED) is 0.175. The van der Waals surface area contributed by atoms with Gasteiger partial charge in [0.15, 0.2) is 23.6 Å². The lowest BCUT2D eigenvalue weighted by atomic mass is 9.99. The van der Waals surface area contributed by atoms with Gasteiger partial charge in [0.1, 0.15) is 23.2 Å². The zero-order valence-electron chi connectivity index (χ0n) is 23.3. The van der Waals surface area contributed by atoms with Crippen LogP contribution in [0.2, 0.25) is 0 Å². The molecule has 13 nitrogen and oxygen atoms in total. The Hall–Kier alpha value is -4.59. The molecule has 1 fully saturated rings. The number of primary amides is 1. The van der Waals surface area contributed by atoms with E-state index in [2.05, 4.69) is 5.32 Å². The number of carbonyl (C=O) groups excluding carboxylic acids is 2. The summed E-state index contributed by atoms with van der Waals surface area (Å²) in [7, 11) is 0. The fraction of sp³-hybridized carbons (Fsp3) is 0.345. The smallest absolute Gasteiger partial charge is 0.404 e. The Morgan fingerprint density at radius 3 is 2.50 bits per heavy atom. The number of hydrogen-bond donors (Lipinski definition) is 6. The number of phenols is 1. The fourth-order valence-electron chi connectivity index (χ4n) is 4.49. The highest BCUT2D eigenvalue weighted by Gasteiger charge is 2.46. The summed E-state index contributed by atoms with van der Waals surface area (Å²) in [5.74, 6) is -1.16. The third kappa shape index (κ3) is 6.17. The molecule has 1 aliphatic rings. The summed E-state index contributed by atoms with van der Waals surface area (Å²) in [5, 5.41) is 44.3. The molecule has 0 saturated carbocycles. The molecule has 0 unspecified atom stereocenters. The van der Waals surface area contributed by atoms with Crippen LogP contribution in [0.5, 0.6) is 17.2 Å². The van der Waals surface area contributed by atoms with Crippen molar-refractivity contribution in [1.82, 2.24) is 0 Å². The van der Waals surface area contributed by atoms with E-state index < -0.39 is 59.8 Å². The molecule has 0 radical (unpaired) electrons. The van der Waals surface area contributed by atoms with Crippen molar-refractivity contribution in [2.45, 2.75) is 64.8 Å². The normalized spacial score (nSPS) is 21.9. The second-order valence-electron chi connectivity index (χ2n) is 10.2. The van der Waals surface area contributed by atoms with Crippen molar-refractivity contribution >= 4 is 28.7 Å². The Morgan fingerprint density at radius 1 is 1.12 bits per heavy atom. The number of amides is 2. The average Bonchev–Trinajstić information content (AvgIpc) is 2.93. The van der Waals surface area contributed by atoms with E-state index in [0.29, 0.717) is 12.0 Å². The number of aromatic hydroxyl groups is 2. The summed E-state index contributed by atoms with van der Waals surface area (Å²) in [6.07, 6.45) is -5.67. The van der Waals surface area contributed by atoms with Crippen LogP contribution in [-0.4, -0.2) is 63.1 Å². The first-order chi connectivity index (χ1) is 19.8. The van der Waals surface area contributed by atoms with Gasteiger partial charge in [0.2, 0.25) is 6.29 Å². The topological polar surface area (TPSA) is 211 Å². The molecule has 2 amide bonds. The van der Waals surface area contributed by atoms with Crippen LogP contribution < -0.4 is 21.4 Å². The minimum Gasteiger partial charge on any atom is -0.508 e. The largest absolute Gasteiger partial charge is 0.508 e. The number of aliphatic hydroxyl groups is 2. The van der Waals surface area contributed by atoms with Crippen LogP contribution in [0, 0.1) is 6.92 Å². The van der Waals surface area contributed by atoms with Gasteiger partial charge < -0.3 is 50.1 Å². The van der Waals surface area contributed by atoms with Gasteiger partial charge in [-0.3, -0.25) is 4.79 Å². The molecule has 2 aromatic carbocycles. The zero-order valence-corrected chi connectivity index (χ0v) is 23.3. The predicted octanol–water partition coefficient (Wildman–Crippen LogP) is 2.58. The molecular weight excluding hydrogens is 552 g/mol. The van der Waals surface area contributed by atoms with Crippen molar-refractivity contribution < 1.29 is 48.6 Å². The van der Waals surface area contributed by atoms with Crippen LogP contribution in [0.3, 0.4) is 0 Å². The van der Waals surface area contributed by atoms with Gasteiger partial charge in [0, 0.05) is 11.1 Å². The van der Waals surface area contributed by atoms with Crippen LogP contribution in [0.15, 0.2) is 51.2 Å². The standard InChI is InChI=1S/C29H32N2O11/c1-12(2)5-6-15-11-16(7-9-18(15)32)26(36)31-20-22(34)17-8-10-19(13(3)24(17)41-27(20)37)40-28-23(35)25(42-29(30)38)21(33)14(4)39-28/h5,7-11,14,21,23,25,28,32-35H,6H2,1-4H3,(H2,30,38)(H,31,36)/t14-,21+,23-,25+,28-/m0/s1. The molecular formula is C29H32N2O11. The Balaban J connectivity index is 1.61. The summed E-state index contributed by atoms with van der Waals surface area (Å²) in [5.41, 5.74) is 5.37. The lowest BCUT2D eigenvalue weighted by Gasteiger charge is -2.40. The van der Waals surface area contributed by atoms with E-state index in [1.54, 1.807) is 0 Å². The minimum absolute atomic E-state index is 0.0123. The van der Waals surface area contributed by atoms with E-state index in [-0.39, 0.29) is 33.6 Å². The number of nitrogens with one attached hydrogen (secondary N) is 1. The highest BCUT2D eigenvalue weighted by atomic mass is 16.7. The number of allylic oxidation sites excluding steroid dienone is 2. The molecule has 5 atom stereocenters. The minimum atomic E-state index is -1.63.